The Morgan fingerprint density at radius 1 is 0.917 bits per heavy atom. The first kappa shape index (κ1) is 23.2. The van der Waals surface area contributed by atoms with Crippen LogP contribution in [0.25, 0.3) is 16.5 Å². The van der Waals surface area contributed by atoms with Crippen molar-refractivity contribution in [2.45, 2.75) is 13.0 Å². The summed E-state index contributed by atoms with van der Waals surface area (Å²) < 4.78 is 33.4. The van der Waals surface area contributed by atoms with Crippen molar-refractivity contribution in [3.63, 3.8) is 0 Å². The Morgan fingerprint density at radius 3 is 2.42 bits per heavy atom. The van der Waals surface area contributed by atoms with Gasteiger partial charge in [0.15, 0.2) is 11.6 Å². The summed E-state index contributed by atoms with van der Waals surface area (Å²) >= 11 is 0. The van der Waals surface area contributed by atoms with E-state index in [1.165, 1.54) is 13.2 Å². The predicted octanol–water partition coefficient (Wildman–Crippen LogP) is 6.06. The lowest BCUT2D eigenvalue weighted by Crippen LogP contribution is -2.29. The largest absolute Gasteiger partial charge is 0.507 e. The van der Waals surface area contributed by atoms with E-state index in [4.69, 9.17) is 4.74 Å². The third kappa shape index (κ3) is 3.69. The number of ether oxygens (including phenoxy) is 1. The van der Waals surface area contributed by atoms with Crippen LogP contribution in [0.3, 0.4) is 0 Å². The van der Waals surface area contributed by atoms with Crippen LogP contribution in [0.4, 0.5) is 14.5 Å². The van der Waals surface area contributed by atoms with Gasteiger partial charge in [-0.3, -0.25) is 14.5 Å². The molecule has 1 saturated heterocycles. The lowest BCUT2D eigenvalue weighted by Gasteiger charge is -2.26. The first-order valence-electron chi connectivity index (χ1n) is 11.2. The fourth-order valence-electron chi connectivity index (χ4n) is 4.67. The van der Waals surface area contributed by atoms with Crippen LogP contribution in [0.5, 0.6) is 5.75 Å². The zero-order valence-electron chi connectivity index (χ0n) is 19.5. The molecule has 1 aliphatic heterocycles. The molecule has 0 bridgehead atoms. The van der Waals surface area contributed by atoms with E-state index in [1.807, 2.05) is 37.3 Å². The molecule has 1 heterocycles. The fourth-order valence-corrected chi connectivity index (χ4v) is 4.67. The van der Waals surface area contributed by atoms with E-state index in [9.17, 15) is 23.5 Å². The average Bonchev–Trinajstić information content (AvgIpc) is 3.15. The number of aliphatic hydroxyl groups excluding tert-OH is 1. The van der Waals surface area contributed by atoms with Crippen molar-refractivity contribution in [1.29, 1.82) is 0 Å². The van der Waals surface area contributed by atoms with E-state index in [-0.39, 0.29) is 16.8 Å². The molecule has 5 rings (SSSR count). The number of fused-ring (bicyclic) bond motifs is 1. The van der Waals surface area contributed by atoms with Gasteiger partial charge in [-0.1, -0.05) is 54.1 Å². The minimum atomic E-state index is -1.16. The maximum atomic E-state index is 14.2. The number of hydrogen-bond donors (Lipinski definition) is 1. The van der Waals surface area contributed by atoms with Gasteiger partial charge in [-0.25, -0.2) is 8.78 Å². The van der Waals surface area contributed by atoms with Gasteiger partial charge < -0.3 is 9.84 Å². The van der Waals surface area contributed by atoms with Crippen molar-refractivity contribution >= 4 is 33.9 Å². The number of nitrogens with zero attached hydrogens (tertiary/aromatic N) is 1. The Balaban J connectivity index is 1.84. The average molecular weight is 485 g/mol. The van der Waals surface area contributed by atoms with Crippen LogP contribution in [-0.4, -0.2) is 23.9 Å². The summed E-state index contributed by atoms with van der Waals surface area (Å²) in [7, 11) is 1.43. The molecule has 1 N–H and O–H groups in total. The lowest BCUT2D eigenvalue weighted by atomic mass is 9.91. The molecule has 1 fully saturated rings. The highest BCUT2D eigenvalue weighted by atomic mass is 19.2. The van der Waals surface area contributed by atoms with E-state index >= 15 is 0 Å². The number of amides is 1. The first-order valence-corrected chi connectivity index (χ1v) is 11.2. The molecule has 1 amide bonds. The van der Waals surface area contributed by atoms with E-state index in [0.29, 0.717) is 11.3 Å². The van der Waals surface area contributed by atoms with Gasteiger partial charge in [0.25, 0.3) is 11.7 Å². The van der Waals surface area contributed by atoms with Crippen LogP contribution >= 0.6 is 0 Å². The lowest BCUT2D eigenvalue weighted by molar-refractivity contribution is -0.132. The summed E-state index contributed by atoms with van der Waals surface area (Å²) in [5.41, 5.74) is 1.40. The number of aryl methyl sites for hydroxylation is 1. The second-order valence-corrected chi connectivity index (χ2v) is 8.54. The highest BCUT2D eigenvalue weighted by Crippen LogP contribution is 2.45. The quantitative estimate of drug-likeness (QED) is 0.217. The Bertz CT molecular complexity index is 1570. The number of rotatable bonds is 4. The molecule has 7 heteroatoms. The Morgan fingerprint density at radius 2 is 1.67 bits per heavy atom. The number of benzene rings is 4. The summed E-state index contributed by atoms with van der Waals surface area (Å²) in [6, 6.07) is 19.8. The van der Waals surface area contributed by atoms with Crippen molar-refractivity contribution in [1.82, 2.24) is 0 Å². The molecule has 0 aliphatic carbocycles. The topological polar surface area (TPSA) is 66.8 Å². The smallest absolute Gasteiger partial charge is 0.300 e. The Hall–Kier alpha value is -4.52. The summed E-state index contributed by atoms with van der Waals surface area (Å²) in [6.07, 6.45) is 0. The molecule has 1 unspecified atom stereocenters. The van der Waals surface area contributed by atoms with Crippen molar-refractivity contribution in [3.8, 4) is 5.75 Å². The molecule has 180 valence electrons. The number of carbonyl (C=O) groups excluding carboxylic acids is 2. The first-order chi connectivity index (χ1) is 17.3. The van der Waals surface area contributed by atoms with Crippen LogP contribution < -0.4 is 9.64 Å². The van der Waals surface area contributed by atoms with Gasteiger partial charge in [0.2, 0.25) is 0 Å². The third-order valence-electron chi connectivity index (χ3n) is 6.35. The van der Waals surface area contributed by atoms with Crippen molar-refractivity contribution in [3.05, 3.63) is 113 Å². The van der Waals surface area contributed by atoms with Gasteiger partial charge in [0.05, 0.1) is 24.3 Å². The minimum Gasteiger partial charge on any atom is -0.507 e. The number of ketones is 1. The molecule has 0 aromatic heterocycles. The van der Waals surface area contributed by atoms with Crippen molar-refractivity contribution < 1.29 is 28.2 Å². The molecular weight excluding hydrogens is 464 g/mol. The molecule has 4 aromatic rings. The SMILES string of the molecule is COc1ccc(C)cc1/C(O)=C1\C(=O)C(=O)N(c2ccc(F)c(F)c2)C1c1cccc2ccccc12. The molecule has 36 heavy (non-hydrogen) atoms. The number of halogens is 2. The number of aliphatic hydroxyl groups is 1. The molecule has 4 aromatic carbocycles. The highest BCUT2D eigenvalue weighted by Gasteiger charge is 2.47. The molecule has 0 saturated carbocycles. The van der Waals surface area contributed by atoms with Crippen LogP contribution in [0, 0.1) is 18.6 Å². The number of hydrogen-bond acceptors (Lipinski definition) is 4. The monoisotopic (exact) mass is 485 g/mol. The molecular formula is C29H21F2NO4. The van der Waals surface area contributed by atoms with Gasteiger partial charge in [-0.2, -0.15) is 0 Å². The predicted molar refractivity (Wildman–Crippen MR) is 133 cm³/mol. The summed E-state index contributed by atoms with van der Waals surface area (Å²) in [5.74, 6) is -4.26. The second kappa shape index (κ2) is 8.92. The highest BCUT2D eigenvalue weighted by molar-refractivity contribution is 6.52. The van der Waals surface area contributed by atoms with E-state index in [0.717, 1.165) is 33.4 Å². The summed E-state index contributed by atoms with van der Waals surface area (Å²) in [6.45, 7) is 1.82. The van der Waals surface area contributed by atoms with Gasteiger partial charge in [-0.05, 0) is 47.5 Å². The number of carbonyl (C=O) groups is 2. The summed E-state index contributed by atoms with van der Waals surface area (Å²) in [5, 5.41) is 13.1. The van der Waals surface area contributed by atoms with Crippen molar-refractivity contribution in [2.75, 3.05) is 12.0 Å². The zero-order valence-corrected chi connectivity index (χ0v) is 19.5. The minimum absolute atomic E-state index is 0.0100. The number of Topliss-reactive ketones (excluding diaryl/α,β-unsaturated/α-hetero) is 1. The maximum Gasteiger partial charge on any atom is 0.300 e. The van der Waals surface area contributed by atoms with Crippen LogP contribution in [-0.2, 0) is 9.59 Å². The van der Waals surface area contributed by atoms with Gasteiger partial charge in [0.1, 0.15) is 11.5 Å². The van der Waals surface area contributed by atoms with Crippen LogP contribution in [0.15, 0.2) is 84.4 Å². The van der Waals surface area contributed by atoms with Gasteiger partial charge in [-0.15, -0.1) is 0 Å². The molecule has 1 aliphatic rings. The normalized spacial score (nSPS) is 17.1. The zero-order chi connectivity index (χ0) is 25.6. The van der Waals surface area contributed by atoms with Crippen LogP contribution in [0.2, 0.25) is 0 Å². The Labute approximate surface area is 205 Å². The van der Waals surface area contributed by atoms with Gasteiger partial charge in [0, 0.05) is 11.8 Å². The van der Waals surface area contributed by atoms with E-state index < -0.39 is 35.1 Å². The van der Waals surface area contributed by atoms with Crippen LogP contribution in [0.1, 0.15) is 22.7 Å². The second-order valence-electron chi connectivity index (χ2n) is 8.54. The molecule has 5 nitrogen and oxygen atoms in total. The fraction of sp³-hybridized carbons (Fsp3) is 0.103. The summed E-state index contributed by atoms with van der Waals surface area (Å²) in [4.78, 5) is 27.9. The molecule has 1 atom stereocenters. The number of methoxy groups -OCH3 is 1. The molecule has 0 spiro atoms. The van der Waals surface area contributed by atoms with E-state index in [1.54, 1.807) is 30.3 Å². The van der Waals surface area contributed by atoms with E-state index in [2.05, 4.69) is 0 Å². The maximum absolute atomic E-state index is 14.2. The van der Waals surface area contributed by atoms with Gasteiger partial charge >= 0.3 is 0 Å². The standard InChI is InChI=1S/C29H21F2NO4/c1-16-10-13-24(36-2)21(14-16)27(33)25-26(20-9-5-7-17-6-3-4-8-19(17)20)32(29(35)28(25)34)18-11-12-22(30)23(31)15-18/h3-15,26,33H,1-2H3/b27-25+. The Kier molecular flexibility index (Phi) is 5.76. The molecule has 0 radical (unpaired) electrons. The third-order valence-corrected chi connectivity index (χ3v) is 6.35. The number of anilines is 1. The van der Waals surface area contributed by atoms with Crippen molar-refractivity contribution in [2.24, 2.45) is 0 Å².